The molecule has 6 nitrogen and oxygen atoms in total. The number of primary amides is 1. The molecule has 3 rings (SSSR count). The quantitative estimate of drug-likeness (QED) is 0.637. The first kappa shape index (κ1) is 15.6. The number of aliphatic hydroxyl groups is 2. The molecule has 5 atom stereocenters. The second kappa shape index (κ2) is 6.08. The molecular weight excluding hydrogens is 326 g/mol. The van der Waals surface area contributed by atoms with E-state index in [-0.39, 0.29) is 11.7 Å². The van der Waals surface area contributed by atoms with Gasteiger partial charge in [-0.2, -0.15) is 0 Å². The van der Waals surface area contributed by atoms with Gasteiger partial charge in [0.05, 0.1) is 18.1 Å². The van der Waals surface area contributed by atoms with Gasteiger partial charge in [-0.25, -0.2) is 0 Å². The van der Waals surface area contributed by atoms with Crippen molar-refractivity contribution in [2.45, 2.75) is 29.9 Å². The Labute approximate surface area is 136 Å². The van der Waals surface area contributed by atoms with E-state index in [0.29, 0.717) is 10.2 Å². The number of anilines is 1. The molecule has 1 amide bonds. The standard InChI is InChI=1S/C14H16ClN3O3S/c15-6-1-3-7(4-2-6)17-14-18-10-11(20)9(19)5-8(13(16)21)12(10)22-14/h1-4,8-12,19-20H,5H2,(H2,16,21)(H,17,18). The number of carbonyl (C=O) groups excluding carboxylic acids is 1. The molecule has 0 aromatic heterocycles. The molecule has 22 heavy (non-hydrogen) atoms. The number of nitrogens with zero attached hydrogens (tertiary/aromatic N) is 1. The summed E-state index contributed by atoms with van der Waals surface area (Å²) in [4.78, 5) is 16.0. The summed E-state index contributed by atoms with van der Waals surface area (Å²) in [6, 6.07) is 6.58. The number of nitrogens with one attached hydrogen (secondary N) is 1. The lowest BCUT2D eigenvalue weighted by Crippen LogP contribution is -2.53. The molecule has 1 aliphatic heterocycles. The van der Waals surface area contributed by atoms with Gasteiger partial charge in [0.15, 0.2) is 5.17 Å². The third-order valence-electron chi connectivity index (χ3n) is 3.95. The number of rotatable bonds is 2. The summed E-state index contributed by atoms with van der Waals surface area (Å²) in [7, 11) is 0. The molecule has 5 unspecified atom stereocenters. The molecule has 1 heterocycles. The van der Waals surface area contributed by atoms with E-state index < -0.39 is 30.1 Å². The molecule has 0 bridgehead atoms. The van der Waals surface area contributed by atoms with Crippen molar-refractivity contribution in [2.75, 3.05) is 5.32 Å². The highest BCUT2D eigenvalue weighted by Crippen LogP contribution is 2.41. The Balaban J connectivity index is 1.78. The van der Waals surface area contributed by atoms with Crippen molar-refractivity contribution >= 4 is 40.1 Å². The molecule has 1 aromatic rings. The third-order valence-corrected chi connectivity index (χ3v) is 5.51. The van der Waals surface area contributed by atoms with Crippen molar-refractivity contribution in [1.29, 1.82) is 0 Å². The van der Waals surface area contributed by atoms with Gasteiger partial charge in [-0.3, -0.25) is 9.79 Å². The maximum absolute atomic E-state index is 11.6. The molecule has 0 spiro atoms. The van der Waals surface area contributed by atoms with Gasteiger partial charge in [-0.05, 0) is 30.7 Å². The van der Waals surface area contributed by atoms with Crippen LogP contribution in [-0.4, -0.2) is 44.8 Å². The van der Waals surface area contributed by atoms with Gasteiger partial charge in [0.2, 0.25) is 5.91 Å². The maximum Gasteiger partial charge on any atom is 0.221 e. The molecule has 1 aromatic carbocycles. The largest absolute Gasteiger partial charge is 0.390 e. The van der Waals surface area contributed by atoms with E-state index in [1.54, 1.807) is 12.1 Å². The molecule has 0 saturated heterocycles. The summed E-state index contributed by atoms with van der Waals surface area (Å²) in [5.41, 5.74) is 6.22. The topological polar surface area (TPSA) is 108 Å². The number of nitrogens with two attached hydrogens (primary N) is 1. The lowest BCUT2D eigenvalue weighted by Gasteiger charge is -2.36. The normalized spacial score (nSPS) is 34.0. The maximum atomic E-state index is 11.6. The van der Waals surface area contributed by atoms with Crippen LogP contribution in [0.1, 0.15) is 6.42 Å². The average Bonchev–Trinajstić information content (AvgIpc) is 2.89. The number of halogens is 1. The van der Waals surface area contributed by atoms with Gasteiger partial charge in [0, 0.05) is 16.0 Å². The van der Waals surface area contributed by atoms with Crippen LogP contribution in [0.4, 0.5) is 5.69 Å². The molecule has 1 fully saturated rings. The van der Waals surface area contributed by atoms with E-state index in [2.05, 4.69) is 10.3 Å². The van der Waals surface area contributed by atoms with Gasteiger partial charge in [0.1, 0.15) is 6.10 Å². The summed E-state index contributed by atoms with van der Waals surface area (Å²) in [5.74, 6) is -0.988. The van der Waals surface area contributed by atoms with Gasteiger partial charge in [0.25, 0.3) is 0 Å². The molecule has 2 aliphatic rings. The van der Waals surface area contributed by atoms with Crippen molar-refractivity contribution < 1.29 is 15.0 Å². The minimum absolute atomic E-state index is 0.161. The predicted octanol–water partition coefficient (Wildman–Crippen LogP) is 0.819. The van der Waals surface area contributed by atoms with Gasteiger partial charge >= 0.3 is 0 Å². The lowest BCUT2D eigenvalue weighted by atomic mass is 9.81. The fourth-order valence-electron chi connectivity index (χ4n) is 2.79. The Morgan fingerprint density at radius 3 is 2.68 bits per heavy atom. The number of hydrogen-bond donors (Lipinski definition) is 4. The Bertz CT molecular complexity index is 610. The summed E-state index contributed by atoms with van der Waals surface area (Å²) in [6.45, 7) is 0. The van der Waals surface area contributed by atoms with Gasteiger partial charge in [-0.1, -0.05) is 23.4 Å². The number of benzene rings is 1. The summed E-state index contributed by atoms with van der Waals surface area (Å²) >= 11 is 7.21. The highest BCUT2D eigenvalue weighted by molar-refractivity contribution is 8.15. The Kier molecular flexibility index (Phi) is 4.31. The van der Waals surface area contributed by atoms with Crippen LogP contribution < -0.4 is 11.1 Å². The molecular formula is C14H16ClN3O3S. The molecule has 1 saturated carbocycles. The summed E-state index contributed by atoms with van der Waals surface area (Å²) in [5, 5.41) is 24.1. The second-order valence-electron chi connectivity index (χ2n) is 5.44. The Hall–Kier alpha value is -1.28. The van der Waals surface area contributed by atoms with Crippen LogP contribution in [0, 0.1) is 5.92 Å². The van der Waals surface area contributed by atoms with Crippen LogP contribution in [0.2, 0.25) is 5.02 Å². The van der Waals surface area contributed by atoms with Crippen molar-refractivity contribution in [1.82, 2.24) is 0 Å². The number of thioether (sulfide) groups is 1. The number of carbonyl (C=O) groups is 1. The molecule has 5 N–H and O–H groups in total. The van der Waals surface area contributed by atoms with Crippen molar-refractivity contribution in [3.8, 4) is 0 Å². The number of aliphatic imine (C=N–C) groups is 1. The third kappa shape index (κ3) is 2.94. The minimum Gasteiger partial charge on any atom is -0.390 e. The van der Waals surface area contributed by atoms with Gasteiger partial charge in [-0.15, -0.1) is 0 Å². The first-order valence-electron chi connectivity index (χ1n) is 6.88. The number of fused-ring (bicyclic) bond motifs is 1. The average molecular weight is 342 g/mol. The van der Waals surface area contributed by atoms with Crippen LogP contribution >= 0.6 is 23.4 Å². The van der Waals surface area contributed by atoms with E-state index in [4.69, 9.17) is 17.3 Å². The zero-order chi connectivity index (χ0) is 15.9. The minimum atomic E-state index is -0.988. The fourth-order valence-corrected chi connectivity index (χ4v) is 4.30. The van der Waals surface area contributed by atoms with Gasteiger partial charge < -0.3 is 21.3 Å². The van der Waals surface area contributed by atoms with Crippen LogP contribution in [0.3, 0.4) is 0 Å². The molecule has 8 heteroatoms. The van der Waals surface area contributed by atoms with E-state index in [0.717, 1.165) is 5.69 Å². The number of hydrogen-bond acceptors (Lipinski definition) is 6. The molecule has 0 radical (unpaired) electrons. The number of amidine groups is 1. The SMILES string of the molecule is NC(=O)C1CC(O)C(O)C2N=C(Nc3ccc(Cl)cc3)SC12. The van der Waals surface area contributed by atoms with Crippen molar-refractivity contribution in [3.63, 3.8) is 0 Å². The predicted molar refractivity (Wildman–Crippen MR) is 87.0 cm³/mol. The van der Waals surface area contributed by atoms with Crippen LogP contribution in [0.5, 0.6) is 0 Å². The Morgan fingerprint density at radius 2 is 2.05 bits per heavy atom. The van der Waals surface area contributed by atoms with Crippen LogP contribution in [0.15, 0.2) is 29.3 Å². The first-order valence-corrected chi connectivity index (χ1v) is 8.14. The smallest absolute Gasteiger partial charge is 0.221 e. The van der Waals surface area contributed by atoms with E-state index in [1.807, 2.05) is 12.1 Å². The van der Waals surface area contributed by atoms with E-state index in [1.165, 1.54) is 11.8 Å². The Morgan fingerprint density at radius 1 is 1.36 bits per heavy atom. The highest BCUT2D eigenvalue weighted by Gasteiger charge is 2.49. The second-order valence-corrected chi connectivity index (χ2v) is 7.04. The monoisotopic (exact) mass is 341 g/mol. The summed E-state index contributed by atoms with van der Waals surface area (Å²) in [6.07, 6.45) is -1.82. The lowest BCUT2D eigenvalue weighted by molar-refractivity contribution is -0.126. The van der Waals surface area contributed by atoms with E-state index in [9.17, 15) is 15.0 Å². The number of amides is 1. The van der Waals surface area contributed by atoms with E-state index >= 15 is 0 Å². The van der Waals surface area contributed by atoms with Crippen molar-refractivity contribution in [3.05, 3.63) is 29.3 Å². The molecule has 1 aliphatic carbocycles. The number of aliphatic hydroxyl groups excluding tert-OH is 2. The summed E-state index contributed by atoms with van der Waals surface area (Å²) < 4.78 is 0. The first-order chi connectivity index (χ1) is 10.5. The highest BCUT2D eigenvalue weighted by atomic mass is 35.5. The van der Waals surface area contributed by atoms with Crippen LogP contribution in [0.25, 0.3) is 0 Å². The molecule has 118 valence electrons. The zero-order valence-electron chi connectivity index (χ0n) is 11.5. The zero-order valence-corrected chi connectivity index (χ0v) is 13.1. The van der Waals surface area contributed by atoms with Crippen LogP contribution in [-0.2, 0) is 4.79 Å². The fraction of sp³-hybridized carbons (Fsp3) is 0.429. The van der Waals surface area contributed by atoms with Crippen molar-refractivity contribution in [2.24, 2.45) is 16.6 Å².